The fourth-order valence-electron chi connectivity index (χ4n) is 7.73. The number of aliphatic hydroxyl groups is 1. The number of esters is 3. The van der Waals surface area contributed by atoms with Crippen LogP contribution in [-0.2, 0) is 42.2 Å². The van der Waals surface area contributed by atoms with Crippen molar-refractivity contribution in [3.05, 3.63) is 72.9 Å². The van der Waals surface area contributed by atoms with E-state index >= 15 is 0 Å². The number of aliphatic hydroxyl groups excluding tert-OH is 1. The van der Waals surface area contributed by atoms with Crippen LogP contribution in [-0.4, -0.2) is 66.5 Å². The van der Waals surface area contributed by atoms with Gasteiger partial charge in [0.2, 0.25) is 0 Å². The number of carbonyl (C=O) groups excluding carboxylic acids is 3. The molecular formula is C60H105O11P. The highest BCUT2D eigenvalue weighted by Crippen LogP contribution is 2.43. The minimum absolute atomic E-state index is 0.0869. The van der Waals surface area contributed by atoms with Crippen LogP contribution in [0.2, 0.25) is 0 Å². The first-order valence-corrected chi connectivity index (χ1v) is 30.3. The molecule has 0 saturated carbocycles. The molecule has 0 heterocycles. The molecule has 0 aliphatic rings. The molecule has 416 valence electrons. The summed E-state index contributed by atoms with van der Waals surface area (Å²) < 4.78 is 39.4. The molecule has 0 saturated heterocycles. The van der Waals surface area contributed by atoms with E-state index < -0.39 is 57.8 Å². The van der Waals surface area contributed by atoms with E-state index in [-0.39, 0.29) is 25.9 Å². The minimum Gasteiger partial charge on any atom is -0.462 e. The van der Waals surface area contributed by atoms with Gasteiger partial charge in [-0.2, -0.15) is 0 Å². The monoisotopic (exact) mass is 1030 g/mol. The van der Waals surface area contributed by atoms with E-state index in [1.54, 1.807) is 0 Å². The van der Waals surface area contributed by atoms with E-state index in [9.17, 15) is 28.9 Å². The zero-order valence-corrected chi connectivity index (χ0v) is 46.8. The molecule has 0 aromatic rings. The molecule has 2 N–H and O–H groups in total. The van der Waals surface area contributed by atoms with Gasteiger partial charge in [0, 0.05) is 19.3 Å². The average Bonchev–Trinajstić information content (AvgIpc) is 3.37. The lowest BCUT2D eigenvalue weighted by atomic mass is 10.0. The lowest BCUT2D eigenvalue weighted by Crippen LogP contribution is -2.30. The molecule has 0 spiro atoms. The Hall–Kier alpha value is -3.08. The van der Waals surface area contributed by atoms with E-state index in [1.165, 1.54) is 96.3 Å². The van der Waals surface area contributed by atoms with Gasteiger partial charge in [0.15, 0.2) is 6.10 Å². The Morgan fingerprint density at radius 3 is 1.22 bits per heavy atom. The largest absolute Gasteiger partial charge is 0.472 e. The number of unbranched alkanes of at least 4 members (excludes halogenated alkanes) is 24. The predicted octanol–water partition coefficient (Wildman–Crippen LogP) is 16.9. The van der Waals surface area contributed by atoms with Gasteiger partial charge >= 0.3 is 25.7 Å². The van der Waals surface area contributed by atoms with E-state index in [2.05, 4.69) is 81.5 Å². The van der Waals surface area contributed by atoms with Gasteiger partial charge in [0.05, 0.1) is 19.8 Å². The Balaban J connectivity index is 4.73. The van der Waals surface area contributed by atoms with Crippen molar-refractivity contribution in [2.45, 2.75) is 264 Å². The number of phosphoric ester groups is 1. The zero-order valence-electron chi connectivity index (χ0n) is 45.9. The normalized spacial score (nSPS) is 13.9. The summed E-state index contributed by atoms with van der Waals surface area (Å²) in [4.78, 5) is 48.4. The van der Waals surface area contributed by atoms with Gasteiger partial charge in [0.1, 0.15) is 12.7 Å². The van der Waals surface area contributed by atoms with Crippen LogP contribution in [0, 0.1) is 0 Å². The van der Waals surface area contributed by atoms with Gasteiger partial charge in [-0.05, 0) is 77.0 Å². The van der Waals surface area contributed by atoms with Crippen LogP contribution < -0.4 is 0 Å². The van der Waals surface area contributed by atoms with E-state index in [0.717, 1.165) is 89.9 Å². The summed E-state index contributed by atoms with van der Waals surface area (Å²) in [5.41, 5.74) is 0. The Kier molecular flexibility index (Phi) is 51.9. The van der Waals surface area contributed by atoms with Gasteiger partial charge in [0.25, 0.3) is 0 Å². The van der Waals surface area contributed by atoms with Crippen molar-refractivity contribution >= 4 is 25.7 Å². The number of allylic oxidation sites excluding steroid dienone is 12. The smallest absolute Gasteiger partial charge is 0.462 e. The predicted molar refractivity (Wildman–Crippen MR) is 298 cm³/mol. The lowest BCUT2D eigenvalue weighted by Gasteiger charge is -2.21. The molecule has 0 aliphatic heterocycles. The van der Waals surface area contributed by atoms with Crippen LogP contribution in [0.4, 0.5) is 0 Å². The van der Waals surface area contributed by atoms with Crippen LogP contribution in [0.1, 0.15) is 252 Å². The van der Waals surface area contributed by atoms with Gasteiger partial charge < -0.3 is 24.2 Å². The molecule has 12 heteroatoms. The van der Waals surface area contributed by atoms with Crippen LogP contribution in [0.3, 0.4) is 0 Å². The summed E-state index contributed by atoms with van der Waals surface area (Å²) in [6.45, 7) is 4.44. The minimum atomic E-state index is -4.76. The van der Waals surface area contributed by atoms with Crippen molar-refractivity contribution in [2.24, 2.45) is 0 Å². The number of hydrogen-bond acceptors (Lipinski definition) is 10. The van der Waals surface area contributed by atoms with E-state index in [1.807, 2.05) is 12.2 Å². The molecule has 0 rings (SSSR count). The van der Waals surface area contributed by atoms with Crippen LogP contribution in [0.15, 0.2) is 72.9 Å². The van der Waals surface area contributed by atoms with Crippen molar-refractivity contribution in [1.82, 2.24) is 0 Å². The molecule has 3 atom stereocenters. The highest BCUT2D eigenvalue weighted by molar-refractivity contribution is 7.47. The molecule has 72 heavy (non-hydrogen) atoms. The summed E-state index contributed by atoms with van der Waals surface area (Å²) in [6, 6.07) is 0. The molecule has 0 aromatic heterocycles. The van der Waals surface area contributed by atoms with Crippen molar-refractivity contribution in [2.75, 3.05) is 26.4 Å². The van der Waals surface area contributed by atoms with E-state index in [4.69, 9.17) is 23.3 Å². The molecule has 0 amide bonds. The summed E-state index contributed by atoms with van der Waals surface area (Å²) in [6.07, 6.45) is 60.2. The second-order valence-electron chi connectivity index (χ2n) is 19.1. The maximum absolute atomic E-state index is 12.9. The fourth-order valence-corrected chi connectivity index (χ4v) is 8.51. The van der Waals surface area contributed by atoms with Crippen molar-refractivity contribution in [3.63, 3.8) is 0 Å². The Morgan fingerprint density at radius 1 is 0.403 bits per heavy atom. The summed E-state index contributed by atoms with van der Waals surface area (Å²) in [5.74, 6) is -1.54. The quantitative estimate of drug-likeness (QED) is 0.0197. The lowest BCUT2D eigenvalue weighted by molar-refractivity contribution is -0.161. The van der Waals surface area contributed by atoms with Gasteiger partial charge in [-0.15, -0.1) is 0 Å². The zero-order chi connectivity index (χ0) is 52.7. The maximum Gasteiger partial charge on any atom is 0.472 e. The Labute approximate surface area is 439 Å². The third kappa shape index (κ3) is 51.8. The third-order valence-corrected chi connectivity index (χ3v) is 13.1. The summed E-state index contributed by atoms with van der Waals surface area (Å²) >= 11 is 0. The first-order valence-electron chi connectivity index (χ1n) is 28.8. The van der Waals surface area contributed by atoms with Crippen LogP contribution >= 0.6 is 7.82 Å². The van der Waals surface area contributed by atoms with E-state index in [0.29, 0.717) is 25.7 Å². The molecule has 0 bridgehead atoms. The van der Waals surface area contributed by atoms with Crippen molar-refractivity contribution < 1.29 is 52.2 Å². The standard InChI is InChI=1S/C60H105O11P/c1-4-7-10-13-16-19-22-24-26-28-30-32-35-38-41-44-47-50-59(63)70-56(52-61)54-68-72(65,66)69-55-57(53-67-58(62)49-46-43-40-37-34-21-18-15-12-9-6-3)71-60(64)51-48-45-42-39-36-33-31-29-27-25-23-20-17-14-11-8-5-2/h8,11,15,17-18,20,25,27,31,33,39,42,56-57,61H,4-7,9-10,12-14,16,19,21-24,26,28-30,32,34-38,40-41,43-55H2,1-3H3,(H,65,66)/b11-8-,18-15-,20-17-,27-25-,33-31-,42-39-. The second kappa shape index (κ2) is 54.2. The fraction of sp³-hybridized carbons (Fsp3) is 0.750. The number of carbonyl (C=O) groups is 3. The number of ether oxygens (including phenoxy) is 3. The number of phosphoric acid groups is 1. The molecule has 0 aliphatic carbocycles. The summed E-state index contributed by atoms with van der Waals surface area (Å²) in [7, 11) is -4.76. The van der Waals surface area contributed by atoms with Gasteiger partial charge in [-0.1, -0.05) is 229 Å². The topological polar surface area (TPSA) is 155 Å². The van der Waals surface area contributed by atoms with Gasteiger partial charge in [-0.3, -0.25) is 23.4 Å². The van der Waals surface area contributed by atoms with Crippen molar-refractivity contribution in [1.29, 1.82) is 0 Å². The number of hydrogen-bond donors (Lipinski definition) is 2. The SMILES string of the molecule is CC/C=C\C/C=C\C/C=C\C/C=C\C/C=C\CCCC(=O)OC(COC(=O)CCCCCCC/C=C\CCCC)COP(=O)(O)OCC(CO)OC(=O)CCCCCCCCCCCCCCCCCCC. The molecular weight excluding hydrogens is 928 g/mol. The molecule has 0 fully saturated rings. The van der Waals surface area contributed by atoms with Crippen LogP contribution in [0.5, 0.6) is 0 Å². The number of rotatable bonds is 53. The second-order valence-corrected chi connectivity index (χ2v) is 20.5. The van der Waals surface area contributed by atoms with Crippen LogP contribution in [0.25, 0.3) is 0 Å². The molecule has 11 nitrogen and oxygen atoms in total. The third-order valence-electron chi connectivity index (χ3n) is 12.1. The Bertz CT molecular complexity index is 1490. The van der Waals surface area contributed by atoms with Gasteiger partial charge in [-0.25, -0.2) is 4.57 Å². The van der Waals surface area contributed by atoms with Crippen molar-refractivity contribution in [3.8, 4) is 0 Å². The highest BCUT2D eigenvalue weighted by Gasteiger charge is 2.28. The highest BCUT2D eigenvalue weighted by atomic mass is 31.2. The maximum atomic E-state index is 12.9. The summed E-state index contributed by atoms with van der Waals surface area (Å²) in [5, 5.41) is 9.82. The first-order chi connectivity index (χ1) is 35.2. The first kappa shape index (κ1) is 68.9. The molecule has 0 radical (unpaired) electrons. The Morgan fingerprint density at radius 2 is 0.750 bits per heavy atom. The molecule has 3 unspecified atom stereocenters. The average molecular weight is 1030 g/mol. The molecule has 0 aromatic carbocycles.